The molecule has 154 valence electrons. The molecule has 0 nitrogen and oxygen atoms in total. The van der Waals surface area contributed by atoms with Crippen molar-refractivity contribution in [1.82, 2.24) is 0 Å². The second-order valence-electron chi connectivity index (χ2n) is 8.72. The number of benzene rings is 2. The topological polar surface area (TPSA) is 0 Å². The normalized spacial score (nSPS) is 21.6. The lowest BCUT2D eigenvalue weighted by Gasteiger charge is -2.29. The summed E-state index contributed by atoms with van der Waals surface area (Å²) in [4.78, 5) is 0. The van der Waals surface area contributed by atoms with Crippen molar-refractivity contribution in [3.05, 3.63) is 70.0 Å². The molecule has 2 aromatic rings. The van der Waals surface area contributed by atoms with E-state index in [-0.39, 0.29) is 5.82 Å². The number of allylic oxidation sites excluding steroid dienone is 1. The fourth-order valence-electron chi connectivity index (χ4n) is 5.07. The van der Waals surface area contributed by atoms with Gasteiger partial charge in [0, 0.05) is 11.6 Å². The molecule has 0 saturated heterocycles. The van der Waals surface area contributed by atoms with E-state index >= 15 is 0 Å². The summed E-state index contributed by atoms with van der Waals surface area (Å²) in [6.07, 6.45) is 11.4. The van der Waals surface area contributed by atoms with Crippen molar-refractivity contribution in [1.29, 1.82) is 0 Å². The Bertz CT molecular complexity index is 904. The Morgan fingerprint density at radius 1 is 0.897 bits per heavy atom. The molecule has 0 unspecified atom stereocenters. The van der Waals surface area contributed by atoms with Gasteiger partial charge in [-0.1, -0.05) is 44.4 Å². The predicted molar refractivity (Wildman–Crippen MR) is 113 cm³/mol. The lowest BCUT2D eigenvalue weighted by atomic mass is 9.76. The SMILES string of the molecule is CCCCC1CCC(c2ccc(C3=Cc4cc(F)cc(F)c4CC3)c(F)c2)CC1. The minimum Gasteiger partial charge on any atom is -0.207 e. The summed E-state index contributed by atoms with van der Waals surface area (Å²) in [7, 11) is 0. The minimum atomic E-state index is -0.593. The molecule has 2 aliphatic carbocycles. The summed E-state index contributed by atoms with van der Waals surface area (Å²) in [5.74, 6) is -0.0452. The van der Waals surface area contributed by atoms with Gasteiger partial charge >= 0.3 is 0 Å². The van der Waals surface area contributed by atoms with Gasteiger partial charge in [0.2, 0.25) is 0 Å². The average molecular weight is 399 g/mol. The first-order valence-corrected chi connectivity index (χ1v) is 11.0. The number of unbranched alkanes of at least 4 members (excludes halogenated alkanes) is 1. The first-order chi connectivity index (χ1) is 14.0. The number of hydrogen-bond donors (Lipinski definition) is 0. The molecule has 0 aliphatic heterocycles. The van der Waals surface area contributed by atoms with Crippen LogP contribution in [0.1, 0.15) is 86.5 Å². The Hall–Kier alpha value is -2.03. The zero-order valence-corrected chi connectivity index (χ0v) is 17.1. The van der Waals surface area contributed by atoms with Crippen LogP contribution in [-0.2, 0) is 6.42 Å². The molecule has 0 bridgehead atoms. The van der Waals surface area contributed by atoms with E-state index in [1.807, 2.05) is 6.07 Å². The lowest BCUT2D eigenvalue weighted by molar-refractivity contribution is 0.304. The number of rotatable bonds is 5. The monoisotopic (exact) mass is 398 g/mol. The zero-order chi connectivity index (χ0) is 20.4. The lowest BCUT2D eigenvalue weighted by Crippen LogP contribution is -2.13. The second-order valence-corrected chi connectivity index (χ2v) is 8.72. The van der Waals surface area contributed by atoms with Crippen LogP contribution in [0.5, 0.6) is 0 Å². The molecule has 4 rings (SSSR count). The minimum absolute atomic E-state index is 0.220. The van der Waals surface area contributed by atoms with Crippen LogP contribution in [0.25, 0.3) is 11.6 Å². The van der Waals surface area contributed by atoms with E-state index in [4.69, 9.17) is 0 Å². The van der Waals surface area contributed by atoms with Crippen molar-refractivity contribution in [3.8, 4) is 0 Å². The van der Waals surface area contributed by atoms with Crippen LogP contribution in [0, 0.1) is 23.4 Å². The third-order valence-corrected chi connectivity index (χ3v) is 6.79. The van der Waals surface area contributed by atoms with Crippen molar-refractivity contribution in [2.45, 2.75) is 70.6 Å². The molecule has 0 spiro atoms. The third kappa shape index (κ3) is 4.44. The van der Waals surface area contributed by atoms with Gasteiger partial charge in [-0.05, 0) is 84.8 Å². The number of hydrogen-bond acceptors (Lipinski definition) is 0. The van der Waals surface area contributed by atoms with Crippen molar-refractivity contribution in [2.75, 3.05) is 0 Å². The molecular weight excluding hydrogens is 369 g/mol. The maximum Gasteiger partial charge on any atom is 0.130 e. The molecule has 0 heterocycles. The smallest absolute Gasteiger partial charge is 0.130 e. The largest absolute Gasteiger partial charge is 0.207 e. The molecule has 0 amide bonds. The summed E-state index contributed by atoms with van der Waals surface area (Å²) in [6.45, 7) is 2.24. The Morgan fingerprint density at radius 2 is 1.69 bits per heavy atom. The van der Waals surface area contributed by atoms with Crippen LogP contribution < -0.4 is 0 Å². The fourth-order valence-corrected chi connectivity index (χ4v) is 5.07. The van der Waals surface area contributed by atoms with Crippen LogP contribution in [0.4, 0.5) is 13.2 Å². The highest BCUT2D eigenvalue weighted by Gasteiger charge is 2.24. The van der Waals surface area contributed by atoms with Crippen molar-refractivity contribution < 1.29 is 13.2 Å². The van der Waals surface area contributed by atoms with Gasteiger partial charge in [0.05, 0.1) is 0 Å². The Balaban J connectivity index is 1.50. The third-order valence-electron chi connectivity index (χ3n) is 6.79. The quantitative estimate of drug-likeness (QED) is 0.478. The Kier molecular flexibility index (Phi) is 6.12. The first kappa shape index (κ1) is 20.3. The van der Waals surface area contributed by atoms with E-state index in [0.29, 0.717) is 35.4 Å². The summed E-state index contributed by atoms with van der Waals surface area (Å²) in [5.41, 5.74) is 3.51. The summed E-state index contributed by atoms with van der Waals surface area (Å²) < 4.78 is 42.5. The Labute approximate surface area is 171 Å². The summed E-state index contributed by atoms with van der Waals surface area (Å²) in [5, 5.41) is 0. The molecule has 1 fully saturated rings. The van der Waals surface area contributed by atoms with Gasteiger partial charge in [-0.15, -0.1) is 0 Å². The van der Waals surface area contributed by atoms with Crippen molar-refractivity contribution in [2.24, 2.45) is 5.92 Å². The van der Waals surface area contributed by atoms with Crippen LogP contribution >= 0.6 is 0 Å². The van der Waals surface area contributed by atoms with E-state index in [0.717, 1.165) is 36.0 Å². The van der Waals surface area contributed by atoms with E-state index in [1.165, 1.54) is 38.2 Å². The van der Waals surface area contributed by atoms with Gasteiger partial charge in [-0.25, -0.2) is 13.2 Å². The summed E-state index contributed by atoms with van der Waals surface area (Å²) >= 11 is 0. The zero-order valence-electron chi connectivity index (χ0n) is 17.1. The van der Waals surface area contributed by atoms with Crippen LogP contribution in [0.15, 0.2) is 30.3 Å². The number of fused-ring (bicyclic) bond motifs is 1. The van der Waals surface area contributed by atoms with E-state index in [9.17, 15) is 13.2 Å². The van der Waals surface area contributed by atoms with Gasteiger partial charge in [0.1, 0.15) is 17.5 Å². The number of halogens is 3. The predicted octanol–water partition coefficient (Wildman–Crippen LogP) is 8.05. The highest BCUT2D eigenvalue weighted by Crippen LogP contribution is 2.39. The molecule has 2 aromatic carbocycles. The molecular formula is C26H29F3. The van der Waals surface area contributed by atoms with Gasteiger partial charge < -0.3 is 0 Å². The summed E-state index contributed by atoms with van der Waals surface area (Å²) in [6, 6.07) is 7.86. The highest BCUT2D eigenvalue weighted by atomic mass is 19.1. The van der Waals surface area contributed by atoms with E-state index in [2.05, 4.69) is 13.0 Å². The van der Waals surface area contributed by atoms with Crippen LogP contribution in [0.2, 0.25) is 0 Å². The molecule has 0 radical (unpaired) electrons. The maximum atomic E-state index is 15.0. The maximum absolute atomic E-state index is 15.0. The molecule has 1 saturated carbocycles. The van der Waals surface area contributed by atoms with Gasteiger partial charge in [0.25, 0.3) is 0 Å². The standard InChI is InChI=1S/C26H29F3/c1-2-3-4-17-5-7-18(8-6-17)19-9-11-23(25(28)15-19)20-10-12-24-21(13-20)14-22(27)16-26(24)29/h9,11,13-18H,2-8,10,12H2,1H3. The van der Waals surface area contributed by atoms with E-state index in [1.54, 1.807) is 12.1 Å². The molecule has 0 atom stereocenters. The Morgan fingerprint density at radius 3 is 2.41 bits per heavy atom. The van der Waals surface area contributed by atoms with Crippen molar-refractivity contribution in [3.63, 3.8) is 0 Å². The van der Waals surface area contributed by atoms with Gasteiger partial charge in [-0.2, -0.15) is 0 Å². The second kappa shape index (κ2) is 8.77. The van der Waals surface area contributed by atoms with Crippen molar-refractivity contribution >= 4 is 11.6 Å². The highest BCUT2D eigenvalue weighted by molar-refractivity contribution is 5.84. The molecule has 3 heteroatoms. The molecule has 0 N–H and O–H groups in total. The van der Waals surface area contributed by atoms with Crippen LogP contribution in [0.3, 0.4) is 0 Å². The van der Waals surface area contributed by atoms with Gasteiger partial charge in [0.15, 0.2) is 0 Å². The van der Waals surface area contributed by atoms with E-state index < -0.39 is 11.6 Å². The molecule has 29 heavy (non-hydrogen) atoms. The molecule has 0 aromatic heterocycles. The van der Waals surface area contributed by atoms with Gasteiger partial charge in [-0.3, -0.25) is 0 Å². The molecule has 2 aliphatic rings. The fraction of sp³-hybridized carbons (Fsp3) is 0.462. The average Bonchev–Trinajstić information content (AvgIpc) is 2.72. The van der Waals surface area contributed by atoms with Crippen LogP contribution in [-0.4, -0.2) is 0 Å². The first-order valence-electron chi connectivity index (χ1n) is 11.0.